The molecule has 5 nitrogen and oxygen atoms in total. The van der Waals surface area contributed by atoms with Crippen LogP contribution in [0.15, 0.2) is 24.3 Å². The van der Waals surface area contributed by atoms with Crippen molar-refractivity contribution in [2.24, 2.45) is 0 Å². The fraction of sp³-hybridized carbons (Fsp3) is 0.462. The molecule has 0 aliphatic carbocycles. The van der Waals surface area contributed by atoms with Gasteiger partial charge in [0.05, 0.1) is 18.7 Å². The number of carbonyl (C=O) groups excluding carboxylic acids is 1. The topological polar surface area (TPSA) is 75.8 Å². The fourth-order valence-corrected chi connectivity index (χ4v) is 1.86. The van der Waals surface area contributed by atoms with Crippen molar-refractivity contribution in [2.75, 3.05) is 25.4 Å². The minimum Gasteiger partial charge on any atom is -0.484 e. The van der Waals surface area contributed by atoms with Crippen LogP contribution in [-0.2, 0) is 4.79 Å². The number of nitrogen functional groups attached to an aromatic ring is 1. The summed E-state index contributed by atoms with van der Waals surface area (Å²) in [6, 6.07) is 6.89. The zero-order valence-corrected chi connectivity index (χ0v) is 10.4. The summed E-state index contributed by atoms with van der Waals surface area (Å²) in [7, 11) is 0. The van der Waals surface area contributed by atoms with Gasteiger partial charge in [0.1, 0.15) is 5.75 Å². The molecule has 1 saturated heterocycles. The van der Waals surface area contributed by atoms with Gasteiger partial charge in [-0.15, -0.1) is 0 Å². The molecule has 0 radical (unpaired) electrons. The van der Waals surface area contributed by atoms with E-state index in [0.717, 1.165) is 0 Å². The first-order chi connectivity index (χ1) is 8.52. The van der Waals surface area contributed by atoms with Crippen LogP contribution in [0.25, 0.3) is 0 Å². The lowest BCUT2D eigenvalue weighted by molar-refractivity contribution is -0.157. The van der Waals surface area contributed by atoms with Gasteiger partial charge in [0.15, 0.2) is 6.61 Å². The maximum Gasteiger partial charge on any atom is 0.260 e. The highest BCUT2D eigenvalue weighted by molar-refractivity contribution is 5.79. The second-order valence-electron chi connectivity index (χ2n) is 4.69. The third-order valence-corrected chi connectivity index (χ3v) is 3.22. The van der Waals surface area contributed by atoms with Gasteiger partial charge in [-0.1, -0.05) is 6.92 Å². The lowest BCUT2D eigenvalue weighted by atomic mass is 9.91. The molecule has 5 heteroatoms. The normalized spacial score (nSPS) is 17.1. The Morgan fingerprint density at radius 1 is 1.44 bits per heavy atom. The summed E-state index contributed by atoms with van der Waals surface area (Å²) >= 11 is 0. The summed E-state index contributed by atoms with van der Waals surface area (Å²) < 4.78 is 5.35. The van der Waals surface area contributed by atoms with Crippen molar-refractivity contribution in [2.45, 2.75) is 18.9 Å². The molecule has 0 unspecified atom stereocenters. The molecule has 0 atom stereocenters. The molecule has 1 aliphatic heterocycles. The smallest absolute Gasteiger partial charge is 0.260 e. The second kappa shape index (κ2) is 4.86. The Morgan fingerprint density at radius 2 is 2.06 bits per heavy atom. The molecule has 1 fully saturated rings. The number of nitrogens with two attached hydrogens (primary N) is 1. The van der Waals surface area contributed by atoms with Crippen molar-refractivity contribution in [1.29, 1.82) is 0 Å². The van der Waals surface area contributed by atoms with E-state index >= 15 is 0 Å². The van der Waals surface area contributed by atoms with Crippen molar-refractivity contribution in [3.63, 3.8) is 0 Å². The Morgan fingerprint density at radius 3 is 2.61 bits per heavy atom. The van der Waals surface area contributed by atoms with Gasteiger partial charge in [0, 0.05) is 5.69 Å². The van der Waals surface area contributed by atoms with E-state index in [9.17, 15) is 9.90 Å². The Balaban J connectivity index is 1.78. The van der Waals surface area contributed by atoms with E-state index in [4.69, 9.17) is 10.5 Å². The lowest BCUT2D eigenvalue weighted by Gasteiger charge is -2.45. The molecule has 18 heavy (non-hydrogen) atoms. The summed E-state index contributed by atoms with van der Waals surface area (Å²) in [5.41, 5.74) is 5.51. The minimum absolute atomic E-state index is 0.0102. The highest BCUT2D eigenvalue weighted by Gasteiger charge is 2.41. The van der Waals surface area contributed by atoms with Crippen molar-refractivity contribution < 1.29 is 14.6 Å². The van der Waals surface area contributed by atoms with Gasteiger partial charge < -0.3 is 20.5 Å². The van der Waals surface area contributed by atoms with Crippen LogP contribution in [0, 0.1) is 0 Å². The monoisotopic (exact) mass is 250 g/mol. The first kappa shape index (κ1) is 12.7. The number of benzene rings is 1. The summed E-state index contributed by atoms with van der Waals surface area (Å²) in [4.78, 5) is 13.3. The number of likely N-dealkylation sites (tertiary alicyclic amines) is 1. The van der Waals surface area contributed by atoms with Gasteiger partial charge >= 0.3 is 0 Å². The van der Waals surface area contributed by atoms with E-state index in [-0.39, 0.29) is 12.5 Å². The number of rotatable bonds is 4. The summed E-state index contributed by atoms with van der Waals surface area (Å²) in [5, 5.41) is 9.81. The molecule has 0 aromatic heterocycles. The van der Waals surface area contributed by atoms with Crippen LogP contribution in [0.4, 0.5) is 5.69 Å². The van der Waals surface area contributed by atoms with Gasteiger partial charge in [-0.05, 0) is 30.7 Å². The maximum atomic E-state index is 11.7. The van der Waals surface area contributed by atoms with E-state index < -0.39 is 5.60 Å². The molecule has 98 valence electrons. The molecule has 1 aromatic carbocycles. The number of carbonyl (C=O) groups is 1. The Labute approximate surface area is 106 Å². The summed E-state index contributed by atoms with van der Waals surface area (Å²) in [6.07, 6.45) is 0.662. The number of amides is 1. The van der Waals surface area contributed by atoms with Crippen LogP contribution in [-0.4, -0.2) is 41.2 Å². The van der Waals surface area contributed by atoms with E-state index in [1.807, 2.05) is 6.92 Å². The van der Waals surface area contributed by atoms with E-state index in [2.05, 4.69) is 0 Å². The summed E-state index contributed by atoms with van der Waals surface area (Å²) in [5.74, 6) is 0.508. The molecule has 1 amide bonds. The van der Waals surface area contributed by atoms with Crippen molar-refractivity contribution in [1.82, 2.24) is 4.90 Å². The first-order valence-electron chi connectivity index (χ1n) is 6.01. The van der Waals surface area contributed by atoms with Gasteiger partial charge in [0.25, 0.3) is 5.91 Å². The number of hydrogen-bond acceptors (Lipinski definition) is 4. The number of ether oxygens (including phenoxy) is 1. The first-order valence-corrected chi connectivity index (χ1v) is 6.01. The largest absolute Gasteiger partial charge is 0.484 e. The zero-order valence-electron chi connectivity index (χ0n) is 10.4. The Kier molecular flexibility index (Phi) is 3.43. The lowest BCUT2D eigenvalue weighted by Crippen LogP contribution is -2.63. The highest BCUT2D eigenvalue weighted by atomic mass is 16.5. The maximum absolute atomic E-state index is 11.7. The Bertz CT molecular complexity index is 424. The molecular formula is C13H18N2O3. The molecule has 0 bridgehead atoms. The average Bonchev–Trinajstić information content (AvgIpc) is 2.34. The van der Waals surface area contributed by atoms with Crippen LogP contribution in [0.2, 0.25) is 0 Å². The standard InChI is InChI=1S/C13H18N2O3/c1-2-13(17)8-15(9-13)12(16)7-18-11-5-3-10(14)4-6-11/h3-6,17H,2,7-9,14H2,1H3. The predicted molar refractivity (Wildman–Crippen MR) is 68.2 cm³/mol. The SMILES string of the molecule is CCC1(O)CN(C(=O)COc2ccc(N)cc2)C1. The molecule has 0 saturated carbocycles. The molecule has 1 aromatic rings. The van der Waals surface area contributed by atoms with Crippen molar-refractivity contribution >= 4 is 11.6 Å². The third kappa shape index (κ3) is 2.73. The van der Waals surface area contributed by atoms with Gasteiger partial charge in [-0.25, -0.2) is 0 Å². The summed E-state index contributed by atoms with van der Waals surface area (Å²) in [6.45, 7) is 2.69. The van der Waals surface area contributed by atoms with E-state index in [0.29, 0.717) is 30.9 Å². The fourth-order valence-electron chi connectivity index (χ4n) is 1.86. The average molecular weight is 250 g/mol. The van der Waals surface area contributed by atoms with Crippen LogP contribution in [0.5, 0.6) is 5.75 Å². The molecule has 1 aliphatic rings. The van der Waals surface area contributed by atoms with Crippen molar-refractivity contribution in [3.8, 4) is 5.75 Å². The number of hydrogen-bond donors (Lipinski definition) is 2. The molecule has 1 heterocycles. The molecule has 3 N–H and O–H groups in total. The highest BCUT2D eigenvalue weighted by Crippen LogP contribution is 2.24. The van der Waals surface area contributed by atoms with E-state index in [1.54, 1.807) is 29.2 Å². The molecule has 0 spiro atoms. The second-order valence-corrected chi connectivity index (χ2v) is 4.69. The van der Waals surface area contributed by atoms with Gasteiger partial charge in [-0.2, -0.15) is 0 Å². The third-order valence-electron chi connectivity index (χ3n) is 3.22. The minimum atomic E-state index is -0.698. The number of aliphatic hydroxyl groups is 1. The number of β-amino-alcohol motifs (C(OH)–C–C–N with tert-alkyl or cyclic N) is 1. The van der Waals surface area contributed by atoms with Crippen molar-refractivity contribution in [3.05, 3.63) is 24.3 Å². The van der Waals surface area contributed by atoms with Crippen LogP contribution in [0.1, 0.15) is 13.3 Å². The Hall–Kier alpha value is -1.75. The van der Waals surface area contributed by atoms with Crippen LogP contribution in [0.3, 0.4) is 0 Å². The predicted octanol–water partition coefficient (Wildman–Crippen LogP) is 0.631. The van der Waals surface area contributed by atoms with Crippen LogP contribution < -0.4 is 10.5 Å². The number of anilines is 1. The van der Waals surface area contributed by atoms with Gasteiger partial charge in [-0.3, -0.25) is 4.79 Å². The quantitative estimate of drug-likeness (QED) is 0.769. The van der Waals surface area contributed by atoms with E-state index in [1.165, 1.54) is 0 Å². The number of nitrogens with zero attached hydrogens (tertiary/aromatic N) is 1. The van der Waals surface area contributed by atoms with Gasteiger partial charge in [0.2, 0.25) is 0 Å². The molecular weight excluding hydrogens is 232 g/mol. The zero-order chi connectivity index (χ0) is 13.2. The molecule has 2 rings (SSSR count). The van der Waals surface area contributed by atoms with Crippen LogP contribution >= 0.6 is 0 Å².